The van der Waals surface area contributed by atoms with E-state index in [0.29, 0.717) is 18.1 Å². The molecular weight excluding hydrogens is 232 g/mol. The molecule has 2 heteroatoms. The molecule has 1 N–H and O–H groups in total. The van der Waals surface area contributed by atoms with E-state index in [9.17, 15) is 0 Å². The summed E-state index contributed by atoms with van der Waals surface area (Å²) < 4.78 is 0. The minimum absolute atomic E-state index is 0.453. The zero-order chi connectivity index (χ0) is 13.7. The highest BCUT2D eigenvalue weighted by molar-refractivity contribution is 5.19. The summed E-state index contributed by atoms with van der Waals surface area (Å²) in [5.41, 5.74) is 1.41. The Kier molecular flexibility index (Phi) is 5.41. The molecule has 0 radical (unpaired) electrons. The molecule has 1 saturated heterocycles. The molecule has 2 nitrogen and oxygen atoms in total. The molecule has 0 bridgehead atoms. The van der Waals surface area contributed by atoms with Gasteiger partial charge >= 0.3 is 0 Å². The monoisotopic (exact) mass is 260 g/mol. The van der Waals surface area contributed by atoms with Crippen LogP contribution in [0.5, 0.6) is 0 Å². The van der Waals surface area contributed by atoms with Crippen molar-refractivity contribution in [3.63, 3.8) is 0 Å². The van der Waals surface area contributed by atoms with Gasteiger partial charge in [0.1, 0.15) is 0 Å². The van der Waals surface area contributed by atoms with Crippen molar-refractivity contribution in [3.8, 4) is 0 Å². The lowest BCUT2D eigenvalue weighted by Gasteiger charge is -2.41. The minimum atomic E-state index is 0.453. The van der Waals surface area contributed by atoms with Crippen LogP contribution in [-0.4, -0.2) is 30.1 Å². The number of rotatable bonds is 5. The summed E-state index contributed by atoms with van der Waals surface area (Å²) in [6, 6.07) is 12.8. The third kappa shape index (κ3) is 3.80. The number of likely N-dealkylation sites (tertiary alicyclic amines) is 1. The summed E-state index contributed by atoms with van der Waals surface area (Å²) in [6.45, 7) is 9.10. The van der Waals surface area contributed by atoms with Gasteiger partial charge in [0.15, 0.2) is 0 Å². The number of hydrogen-bond donors (Lipinski definition) is 1. The number of hydrogen-bond acceptors (Lipinski definition) is 2. The molecule has 1 aromatic carbocycles. The van der Waals surface area contributed by atoms with E-state index < -0.39 is 0 Å². The third-order valence-electron chi connectivity index (χ3n) is 4.42. The maximum absolute atomic E-state index is 3.65. The number of nitrogens with one attached hydrogen (secondary N) is 1. The Morgan fingerprint density at radius 2 is 1.79 bits per heavy atom. The van der Waals surface area contributed by atoms with Gasteiger partial charge in [0.25, 0.3) is 0 Å². The molecule has 0 amide bonds. The molecule has 3 unspecified atom stereocenters. The van der Waals surface area contributed by atoms with E-state index in [1.54, 1.807) is 0 Å². The Labute approximate surface area is 118 Å². The topological polar surface area (TPSA) is 15.3 Å². The largest absolute Gasteiger partial charge is 0.309 e. The van der Waals surface area contributed by atoms with Crippen molar-refractivity contribution < 1.29 is 0 Å². The van der Waals surface area contributed by atoms with E-state index in [0.717, 1.165) is 13.1 Å². The Bertz CT molecular complexity index is 353. The van der Waals surface area contributed by atoms with Crippen LogP contribution in [0.4, 0.5) is 0 Å². The summed E-state index contributed by atoms with van der Waals surface area (Å²) in [5.74, 6) is 0. The van der Waals surface area contributed by atoms with Crippen molar-refractivity contribution in [3.05, 3.63) is 35.9 Å². The van der Waals surface area contributed by atoms with E-state index in [-0.39, 0.29) is 0 Å². The van der Waals surface area contributed by atoms with Gasteiger partial charge in [0.05, 0.1) is 0 Å². The first-order chi connectivity index (χ1) is 9.22. The number of benzene rings is 1. The summed E-state index contributed by atoms with van der Waals surface area (Å²) in [6.07, 6.45) is 4.08. The second kappa shape index (κ2) is 7.06. The van der Waals surface area contributed by atoms with Crippen LogP contribution in [0.1, 0.15) is 51.6 Å². The molecule has 1 heterocycles. The fraction of sp³-hybridized carbons (Fsp3) is 0.647. The van der Waals surface area contributed by atoms with Gasteiger partial charge in [-0.3, -0.25) is 4.90 Å². The fourth-order valence-electron chi connectivity index (χ4n) is 3.27. The lowest BCUT2D eigenvalue weighted by molar-refractivity contribution is 0.0911. The number of likely N-dealkylation sites (N-methyl/N-ethyl adjacent to an activating group) is 1. The van der Waals surface area contributed by atoms with E-state index >= 15 is 0 Å². The predicted molar refractivity (Wildman–Crippen MR) is 82.3 cm³/mol. The van der Waals surface area contributed by atoms with E-state index in [1.807, 2.05) is 0 Å². The first-order valence-electron chi connectivity index (χ1n) is 7.76. The lowest BCUT2D eigenvalue weighted by atomic mass is 9.95. The van der Waals surface area contributed by atoms with Gasteiger partial charge in [-0.05, 0) is 38.8 Å². The van der Waals surface area contributed by atoms with Gasteiger partial charge in [0, 0.05) is 24.7 Å². The van der Waals surface area contributed by atoms with E-state index in [2.05, 4.69) is 61.3 Å². The second-order valence-electron chi connectivity index (χ2n) is 5.85. The first kappa shape index (κ1) is 14.5. The van der Waals surface area contributed by atoms with Crippen molar-refractivity contribution in [2.75, 3.05) is 13.1 Å². The third-order valence-corrected chi connectivity index (χ3v) is 4.42. The first-order valence-corrected chi connectivity index (χ1v) is 7.76. The molecule has 0 spiro atoms. The smallest absolute Gasteiger partial charge is 0.0449 e. The maximum Gasteiger partial charge on any atom is 0.0449 e. The molecule has 3 atom stereocenters. The highest BCUT2D eigenvalue weighted by Crippen LogP contribution is 2.25. The Morgan fingerprint density at radius 1 is 1.16 bits per heavy atom. The molecule has 1 aliphatic heterocycles. The standard InChI is InChI=1S/C17H28N2/c1-4-18-17(16-11-6-5-7-12-16)13-19-14(2)9-8-10-15(19)3/h5-7,11-12,14-15,17-18H,4,8-10,13H2,1-3H3. The van der Waals surface area contributed by atoms with Gasteiger partial charge in [-0.1, -0.05) is 43.7 Å². The summed E-state index contributed by atoms with van der Waals surface area (Å²) in [4.78, 5) is 2.68. The molecule has 0 aromatic heterocycles. The van der Waals surface area contributed by atoms with Crippen LogP contribution >= 0.6 is 0 Å². The Morgan fingerprint density at radius 3 is 2.37 bits per heavy atom. The van der Waals surface area contributed by atoms with Crippen LogP contribution in [0, 0.1) is 0 Å². The molecule has 1 fully saturated rings. The van der Waals surface area contributed by atoms with Gasteiger partial charge in [-0.25, -0.2) is 0 Å². The molecule has 1 aromatic rings. The van der Waals surface area contributed by atoms with Gasteiger partial charge < -0.3 is 5.32 Å². The quantitative estimate of drug-likeness (QED) is 0.870. The van der Waals surface area contributed by atoms with Crippen LogP contribution in [0.15, 0.2) is 30.3 Å². The molecular formula is C17H28N2. The molecule has 1 aliphatic rings. The van der Waals surface area contributed by atoms with Crippen molar-refractivity contribution in [2.45, 2.75) is 58.2 Å². The van der Waals surface area contributed by atoms with Gasteiger partial charge in [-0.15, -0.1) is 0 Å². The van der Waals surface area contributed by atoms with E-state index in [1.165, 1.54) is 24.8 Å². The average molecular weight is 260 g/mol. The fourth-order valence-corrected chi connectivity index (χ4v) is 3.27. The van der Waals surface area contributed by atoms with Crippen LogP contribution in [0.25, 0.3) is 0 Å². The SMILES string of the molecule is CCNC(CN1C(C)CCCC1C)c1ccccc1. The number of nitrogens with zero attached hydrogens (tertiary/aromatic N) is 1. The molecule has 0 saturated carbocycles. The predicted octanol–water partition coefficient (Wildman–Crippen LogP) is 3.60. The molecule has 19 heavy (non-hydrogen) atoms. The van der Waals surface area contributed by atoms with Crippen LogP contribution < -0.4 is 5.32 Å². The molecule has 106 valence electrons. The van der Waals surface area contributed by atoms with Crippen molar-refractivity contribution >= 4 is 0 Å². The highest BCUT2D eigenvalue weighted by atomic mass is 15.2. The maximum atomic E-state index is 3.65. The number of piperidine rings is 1. The van der Waals surface area contributed by atoms with Gasteiger partial charge in [0.2, 0.25) is 0 Å². The summed E-state index contributed by atoms with van der Waals surface area (Å²) >= 11 is 0. The Balaban J connectivity index is 2.07. The summed E-state index contributed by atoms with van der Waals surface area (Å²) in [5, 5.41) is 3.65. The van der Waals surface area contributed by atoms with E-state index in [4.69, 9.17) is 0 Å². The van der Waals surface area contributed by atoms with Crippen molar-refractivity contribution in [1.29, 1.82) is 0 Å². The van der Waals surface area contributed by atoms with Crippen molar-refractivity contribution in [2.24, 2.45) is 0 Å². The highest BCUT2D eigenvalue weighted by Gasteiger charge is 2.27. The van der Waals surface area contributed by atoms with Crippen LogP contribution in [0.2, 0.25) is 0 Å². The van der Waals surface area contributed by atoms with Crippen LogP contribution in [-0.2, 0) is 0 Å². The molecule has 0 aliphatic carbocycles. The Hall–Kier alpha value is -0.860. The second-order valence-corrected chi connectivity index (χ2v) is 5.85. The summed E-state index contributed by atoms with van der Waals surface area (Å²) in [7, 11) is 0. The zero-order valence-corrected chi connectivity index (χ0v) is 12.6. The van der Waals surface area contributed by atoms with Crippen molar-refractivity contribution in [1.82, 2.24) is 10.2 Å². The zero-order valence-electron chi connectivity index (χ0n) is 12.6. The van der Waals surface area contributed by atoms with Crippen LogP contribution in [0.3, 0.4) is 0 Å². The normalized spacial score (nSPS) is 26.3. The molecule has 2 rings (SSSR count). The lowest BCUT2D eigenvalue weighted by Crippen LogP contribution is -2.47. The van der Waals surface area contributed by atoms with Gasteiger partial charge in [-0.2, -0.15) is 0 Å². The average Bonchev–Trinajstić information content (AvgIpc) is 2.43. The minimum Gasteiger partial charge on any atom is -0.309 e.